The summed E-state index contributed by atoms with van der Waals surface area (Å²) in [6.07, 6.45) is 5.07. The van der Waals surface area contributed by atoms with Gasteiger partial charge in [0.25, 0.3) is 5.91 Å². The summed E-state index contributed by atoms with van der Waals surface area (Å²) < 4.78 is 26.2. The van der Waals surface area contributed by atoms with Crippen LogP contribution in [0.1, 0.15) is 56.3 Å². The van der Waals surface area contributed by atoms with Gasteiger partial charge in [-0.2, -0.15) is 0 Å². The van der Waals surface area contributed by atoms with Crippen molar-refractivity contribution in [3.05, 3.63) is 29.8 Å². The van der Waals surface area contributed by atoms with Crippen molar-refractivity contribution in [2.45, 2.75) is 52.0 Å². The standard InChI is InChI=1S/C17H26N2O3S/c1-3-11-23(21,22)19-15-9-6-8-14(12-15)17(20)18-16-10-5-4-7-13(16)2/h6,8-9,12-13,16,19H,3-5,7,10-11H2,1-2H3,(H,18,20). The SMILES string of the molecule is CCCS(=O)(=O)Nc1cccc(C(=O)NC2CCCCC2C)c1. The van der Waals surface area contributed by atoms with Gasteiger partial charge in [0, 0.05) is 17.3 Å². The first-order chi connectivity index (χ1) is 10.9. The van der Waals surface area contributed by atoms with Gasteiger partial charge >= 0.3 is 0 Å². The van der Waals surface area contributed by atoms with E-state index in [1.54, 1.807) is 24.3 Å². The van der Waals surface area contributed by atoms with E-state index in [9.17, 15) is 13.2 Å². The molecule has 128 valence electrons. The maximum atomic E-state index is 12.4. The number of nitrogens with one attached hydrogen (secondary N) is 2. The summed E-state index contributed by atoms with van der Waals surface area (Å²) in [5, 5.41) is 3.08. The number of rotatable bonds is 6. The second-order valence-electron chi connectivity index (χ2n) is 6.34. The van der Waals surface area contributed by atoms with Crippen LogP contribution in [0.2, 0.25) is 0 Å². The van der Waals surface area contributed by atoms with E-state index in [1.165, 1.54) is 6.42 Å². The second-order valence-corrected chi connectivity index (χ2v) is 8.19. The summed E-state index contributed by atoms with van der Waals surface area (Å²) in [5.74, 6) is 0.419. The molecule has 1 aromatic rings. The molecule has 1 saturated carbocycles. The lowest BCUT2D eigenvalue weighted by Gasteiger charge is -2.29. The van der Waals surface area contributed by atoms with Gasteiger partial charge in [0.1, 0.15) is 0 Å². The molecule has 0 spiro atoms. The lowest BCUT2D eigenvalue weighted by Crippen LogP contribution is -2.41. The molecule has 2 N–H and O–H groups in total. The highest BCUT2D eigenvalue weighted by Crippen LogP contribution is 2.24. The molecule has 0 saturated heterocycles. The molecule has 1 amide bonds. The van der Waals surface area contributed by atoms with E-state index < -0.39 is 10.0 Å². The maximum Gasteiger partial charge on any atom is 0.251 e. The fourth-order valence-corrected chi connectivity index (χ4v) is 4.13. The molecule has 0 aliphatic heterocycles. The van der Waals surface area contributed by atoms with Crippen molar-refractivity contribution in [2.75, 3.05) is 10.5 Å². The van der Waals surface area contributed by atoms with E-state index >= 15 is 0 Å². The van der Waals surface area contributed by atoms with Gasteiger partial charge in [-0.05, 0) is 43.4 Å². The summed E-state index contributed by atoms with van der Waals surface area (Å²) in [4.78, 5) is 12.4. The molecule has 0 radical (unpaired) electrons. The zero-order valence-corrected chi connectivity index (χ0v) is 14.7. The van der Waals surface area contributed by atoms with Crippen molar-refractivity contribution < 1.29 is 13.2 Å². The van der Waals surface area contributed by atoms with Gasteiger partial charge in [0.2, 0.25) is 10.0 Å². The minimum Gasteiger partial charge on any atom is -0.349 e. The number of anilines is 1. The number of hydrogen-bond donors (Lipinski definition) is 2. The van der Waals surface area contributed by atoms with Crippen LogP contribution in [0.25, 0.3) is 0 Å². The largest absolute Gasteiger partial charge is 0.349 e. The first kappa shape index (κ1) is 17.8. The quantitative estimate of drug-likeness (QED) is 0.836. The molecular formula is C17H26N2O3S. The van der Waals surface area contributed by atoms with Gasteiger partial charge in [0.15, 0.2) is 0 Å². The molecule has 5 nitrogen and oxygen atoms in total. The van der Waals surface area contributed by atoms with Gasteiger partial charge < -0.3 is 5.32 Å². The highest BCUT2D eigenvalue weighted by molar-refractivity contribution is 7.92. The Labute approximate surface area is 138 Å². The van der Waals surface area contributed by atoms with Gasteiger partial charge in [0.05, 0.1) is 5.75 Å². The Morgan fingerprint density at radius 2 is 2.00 bits per heavy atom. The first-order valence-corrected chi connectivity index (χ1v) is 9.98. The molecule has 2 atom stereocenters. The Morgan fingerprint density at radius 1 is 1.26 bits per heavy atom. The van der Waals surface area contributed by atoms with Crippen LogP contribution in [-0.2, 0) is 10.0 Å². The zero-order chi connectivity index (χ0) is 16.9. The van der Waals surface area contributed by atoms with E-state index in [-0.39, 0.29) is 17.7 Å². The van der Waals surface area contributed by atoms with Crippen molar-refractivity contribution in [3.8, 4) is 0 Å². The van der Waals surface area contributed by atoms with E-state index in [2.05, 4.69) is 17.0 Å². The Balaban J connectivity index is 2.05. The molecular weight excluding hydrogens is 312 g/mol. The highest BCUT2D eigenvalue weighted by Gasteiger charge is 2.23. The molecule has 0 bridgehead atoms. The molecule has 1 aliphatic rings. The predicted molar refractivity (Wildman–Crippen MR) is 93.0 cm³/mol. The van der Waals surface area contributed by atoms with Crippen LogP contribution in [0, 0.1) is 5.92 Å². The van der Waals surface area contributed by atoms with E-state index in [4.69, 9.17) is 0 Å². The Kier molecular flexibility index (Phi) is 6.04. The molecule has 1 aromatic carbocycles. The van der Waals surface area contributed by atoms with Crippen LogP contribution in [0.15, 0.2) is 24.3 Å². The van der Waals surface area contributed by atoms with Crippen LogP contribution < -0.4 is 10.0 Å². The van der Waals surface area contributed by atoms with Crippen molar-refractivity contribution in [1.29, 1.82) is 0 Å². The summed E-state index contributed by atoms with van der Waals surface area (Å²) in [6.45, 7) is 3.98. The average Bonchev–Trinajstić information content (AvgIpc) is 2.49. The second kappa shape index (κ2) is 7.81. The summed E-state index contributed by atoms with van der Waals surface area (Å²) >= 11 is 0. The minimum atomic E-state index is -3.34. The highest BCUT2D eigenvalue weighted by atomic mass is 32.2. The number of sulfonamides is 1. The summed E-state index contributed by atoms with van der Waals surface area (Å²) in [6, 6.07) is 6.86. The molecule has 1 fully saturated rings. The average molecular weight is 338 g/mol. The fourth-order valence-electron chi connectivity index (χ4n) is 3.01. The monoisotopic (exact) mass is 338 g/mol. The fraction of sp³-hybridized carbons (Fsp3) is 0.588. The van der Waals surface area contributed by atoms with Gasteiger partial charge in [-0.3, -0.25) is 9.52 Å². The van der Waals surface area contributed by atoms with Crippen LogP contribution in [-0.4, -0.2) is 26.1 Å². The van der Waals surface area contributed by atoms with Crippen LogP contribution in [0.3, 0.4) is 0 Å². The number of carbonyl (C=O) groups is 1. The van der Waals surface area contributed by atoms with Crippen molar-refractivity contribution in [3.63, 3.8) is 0 Å². The van der Waals surface area contributed by atoms with E-state index in [0.717, 1.165) is 19.3 Å². The van der Waals surface area contributed by atoms with Crippen LogP contribution in [0.4, 0.5) is 5.69 Å². The van der Waals surface area contributed by atoms with Gasteiger partial charge in [-0.1, -0.05) is 32.8 Å². The number of benzene rings is 1. The van der Waals surface area contributed by atoms with Gasteiger partial charge in [-0.25, -0.2) is 8.42 Å². The third-order valence-electron chi connectivity index (χ3n) is 4.30. The van der Waals surface area contributed by atoms with E-state index in [0.29, 0.717) is 23.6 Å². The van der Waals surface area contributed by atoms with Crippen molar-refractivity contribution in [1.82, 2.24) is 5.32 Å². The predicted octanol–water partition coefficient (Wildman–Crippen LogP) is 3.15. The summed E-state index contributed by atoms with van der Waals surface area (Å²) in [7, 11) is -3.34. The smallest absolute Gasteiger partial charge is 0.251 e. The maximum absolute atomic E-state index is 12.4. The Morgan fingerprint density at radius 3 is 2.70 bits per heavy atom. The van der Waals surface area contributed by atoms with Gasteiger partial charge in [-0.15, -0.1) is 0 Å². The van der Waals surface area contributed by atoms with E-state index in [1.807, 2.05) is 6.92 Å². The molecule has 2 unspecified atom stereocenters. The number of carbonyl (C=O) groups excluding carboxylic acids is 1. The van der Waals surface area contributed by atoms with Crippen molar-refractivity contribution >= 4 is 21.6 Å². The zero-order valence-electron chi connectivity index (χ0n) is 13.8. The minimum absolute atomic E-state index is 0.0724. The third kappa shape index (κ3) is 5.23. The Hall–Kier alpha value is -1.56. The molecule has 23 heavy (non-hydrogen) atoms. The Bertz CT molecular complexity index is 643. The molecule has 0 aromatic heterocycles. The number of amides is 1. The molecule has 2 rings (SSSR count). The summed E-state index contributed by atoms with van der Waals surface area (Å²) in [5.41, 5.74) is 0.919. The normalized spacial score (nSPS) is 21.7. The van der Waals surface area contributed by atoms with Crippen LogP contribution in [0.5, 0.6) is 0 Å². The lowest BCUT2D eigenvalue weighted by atomic mass is 9.86. The first-order valence-electron chi connectivity index (χ1n) is 8.32. The molecule has 6 heteroatoms. The number of hydrogen-bond acceptors (Lipinski definition) is 3. The topological polar surface area (TPSA) is 75.3 Å². The van der Waals surface area contributed by atoms with Crippen LogP contribution >= 0.6 is 0 Å². The van der Waals surface area contributed by atoms with Crippen molar-refractivity contribution in [2.24, 2.45) is 5.92 Å². The third-order valence-corrected chi connectivity index (χ3v) is 5.79. The lowest BCUT2D eigenvalue weighted by molar-refractivity contribution is 0.0910. The molecule has 0 heterocycles. The molecule has 1 aliphatic carbocycles.